The molecule has 0 atom stereocenters. The smallest absolute Gasteiger partial charge is 0.414 e. The molecule has 1 saturated heterocycles. The maximum atomic E-state index is 12.3. The van der Waals surface area contributed by atoms with Crippen LogP contribution in [0.2, 0.25) is 0 Å². The third-order valence-corrected chi connectivity index (χ3v) is 4.99. The van der Waals surface area contributed by atoms with Crippen LogP contribution in [-0.4, -0.2) is 30.1 Å². The van der Waals surface area contributed by atoms with Crippen LogP contribution < -0.4 is 9.80 Å². The molecule has 0 aliphatic carbocycles. The summed E-state index contributed by atoms with van der Waals surface area (Å²) in [4.78, 5) is 27.0. The fourth-order valence-corrected chi connectivity index (χ4v) is 3.71. The summed E-state index contributed by atoms with van der Waals surface area (Å²) in [6.45, 7) is 1.58. The lowest BCUT2D eigenvalue weighted by Crippen LogP contribution is -2.49. The molecule has 2 aromatic carbocycles. The van der Waals surface area contributed by atoms with Crippen LogP contribution in [0.3, 0.4) is 0 Å². The Kier molecular flexibility index (Phi) is 4.20. The van der Waals surface area contributed by atoms with Crippen molar-refractivity contribution in [3.05, 3.63) is 64.2 Å². The van der Waals surface area contributed by atoms with Crippen molar-refractivity contribution in [1.29, 1.82) is 0 Å². The molecule has 0 N–H and O–H groups in total. The highest BCUT2D eigenvalue weighted by Crippen LogP contribution is 2.34. The Hall–Kier alpha value is -3.09. The number of ether oxygens (including phenoxy) is 1. The highest BCUT2D eigenvalue weighted by atomic mass is 16.6. The summed E-state index contributed by atoms with van der Waals surface area (Å²) in [5.41, 5.74) is 2.58. The van der Waals surface area contributed by atoms with Gasteiger partial charge in [0.1, 0.15) is 12.3 Å². The molecule has 7 heteroatoms. The molecule has 0 spiro atoms. The van der Waals surface area contributed by atoms with E-state index in [1.165, 1.54) is 6.07 Å². The maximum absolute atomic E-state index is 12.3. The Morgan fingerprint density at radius 2 is 1.92 bits per heavy atom. The number of hydrogen-bond acceptors (Lipinski definition) is 5. The van der Waals surface area contributed by atoms with Gasteiger partial charge in [-0.25, -0.2) is 4.79 Å². The SMILES string of the molecule is O=C1OCc2ccccc2N1C1CCN(c2cc[c]cc2[N+](=O)[O-])CC1. The van der Waals surface area contributed by atoms with Crippen LogP contribution in [0.25, 0.3) is 0 Å². The van der Waals surface area contributed by atoms with Gasteiger partial charge in [-0.05, 0) is 31.0 Å². The highest BCUT2D eigenvalue weighted by Gasteiger charge is 2.34. The third-order valence-electron chi connectivity index (χ3n) is 4.99. The molecular weight excluding hydrogens is 334 g/mol. The number of cyclic esters (lactones) is 1. The number of para-hydroxylation sites is 1. The Morgan fingerprint density at radius 1 is 1.15 bits per heavy atom. The molecule has 1 fully saturated rings. The second-order valence-corrected chi connectivity index (χ2v) is 6.44. The van der Waals surface area contributed by atoms with E-state index in [2.05, 4.69) is 6.07 Å². The Morgan fingerprint density at radius 3 is 2.69 bits per heavy atom. The summed E-state index contributed by atoms with van der Waals surface area (Å²) in [5, 5.41) is 11.2. The van der Waals surface area contributed by atoms with Gasteiger partial charge in [0.2, 0.25) is 0 Å². The number of nitro groups is 1. The predicted octanol–water partition coefficient (Wildman–Crippen LogP) is 3.52. The number of benzene rings is 2. The van der Waals surface area contributed by atoms with Gasteiger partial charge >= 0.3 is 6.09 Å². The van der Waals surface area contributed by atoms with E-state index < -0.39 is 0 Å². The van der Waals surface area contributed by atoms with Crippen LogP contribution in [0.15, 0.2) is 42.5 Å². The van der Waals surface area contributed by atoms with E-state index in [1.807, 2.05) is 29.2 Å². The number of hydrogen-bond donors (Lipinski definition) is 0. The van der Waals surface area contributed by atoms with Crippen LogP contribution in [0.5, 0.6) is 0 Å². The van der Waals surface area contributed by atoms with Crippen molar-refractivity contribution in [2.45, 2.75) is 25.5 Å². The van der Waals surface area contributed by atoms with E-state index in [9.17, 15) is 14.9 Å². The van der Waals surface area contributed by atoms with Crippen molar-refractivity contribution in [1.82, 2.24) is 0 Å². The molecule has 133 valence electrons. The summed E-state index contributed by atoms with van der Waals surface area (Å²) >= 11 is 0. The minimum Gasteiger partial charge on any atom is -0.444 e. The number of nitrogens with zero attached hydrogens (tertiary/aromatic N) is 3. The fraction of sp³-hybridized carbons (Fsp3) is 0.316. The number of piperidine rings is 1. The lowest BCUT2D eigenvalue weighted by molar-refractivity contribution is -0.384. The molecule has 2 heterocycles. The molecule has 2 aliphatic heterocycles. The van der Waals surface area contributed by atoms with Crippen LogP contribution in [0.1, 0.15) is 18.4 Å². The monoisotopic (exact) mass is 352 g/mol. The van der Waals surface area contributed by atoms with Crippen molar-refractivity contribution < 1.29 is 14.5 Å². The standard InChI is InChI=1S/C19H18N3O4/c23-19-21(16-6-2-1-5-14(16)13-26-19)15-9-11-20(12-10-15)17-7-3-4-8-18(17)22(24)25/h1-3,5-8,15H,9-13H2. The van der Waals surface area contributed by atoms with Crippen molar-refractivity contribution in [3.8, 4) is 0 Å². The molecule has 0 saturated carbocycles. The van der Waals surface area contributed by atoms with E-state index in [1.54, 1.807) is 17.0 Å². The Balaban J connectivity index is 1.53. The maximum Gasteiger partial charge on any atom is 0.414 e. The molecule has 4 rings (SSSR count). The first-order valence-electron chi connectivity index (χ1n) is 8.58. The average molecular weight is 352 g/mol. The van der Waals surface area contributed by atoms with Crippen LogP contribution in [0, 0.1) is 16.2 Å². The second-order valence-electron chi connectivity index (χ2n) is 6.44. The van der Waals surface area contributed by atoms with E-state index >= 15 is 0 Å². The first kappa shape index (κ1) is 16.4. The van der Waals surface area contributed by atoms with Crippen molar-refractivity contribution in [2.24, 2.45) is 0 Å². The Bertz CT molecular complexity index is 846. The second kappa shape index (κ2) is 6.67. The molecule has 0 unspecified atom stereocenters. The Labute approximate surface area is 150 Å². The average Bonchev–Trinajstić information content (AvgIpc) is 2.68. The van der Waals surface area contributed by atoms with Gasteiger partial charge in [-0.15, -0.1) is 0 Å². The zero-order valence-electron chi connectivity index (χ0n) is 14.1. The van der Waals surface area contributed by atoms with Crippen molar-refractivity contribution in [3.63, 3.8) is 0 Å². The molecule has 7 nitrogen and oxygen atoms in total. The van der Waals surface area contributed by atoms with Crippen LogP contribution in [0.4, 0.5) is 21.9 Å². The fourth-order valence-electron chi connectivity index (χ4n) is 3.71. The van der Waals surface area contributed by atoms with Gasteiger partial charge in [-0.1, -0.05) is 24.3 Å². The van der Waals surface area contributed by atoms with Crippen molar-refractivity contribution >= 4 is 23.2 Å². The molecule has 1 amide bonds. The number of rotatable bonds is 3. The molecule has 0 bridgehead atoms. The summed E-state index contributed by atoms with van der Waals surface area (Å²) in [5.74, 6) is 0. The predicted molar refractivity (Wildman–Crippen MR) is 96.3 cm³/mol. The van der Waals surface area contributed by atoms with Gasteiger partial charge < -0.3 is 9.64 Å². The zero-order chi connectivity index (χ0) is 18.1. The van der Waals surface area contributed by atoms with Gasteiger partial charge in [0.15, 0.2) is 0 Å². The quantitative estimate of drug-likeness (QED) is 0.624. The van der Waals surface area contributed by atoms with Crippen molar-refractivity contribution in [2.75, 3.05) is 22.9 Å². The zero-order valence-corrected chi connectivity index (χ0v) is 14.1. The number of anilines is 2. The number of fused-ring (bicyclic) bond motifs is 1. The normalized spacial score (nSPS) is 17.6. The van der Waals surface area contributed by atoms with Gasteiger partial charge in [0.05, 0.1) is 10.6 Å². The largest absolute Gasteiger partial charge is 0.444 e. The van der Waals surface area contributed by atoms with E-state index in [0.29, 0.717) is 25.4 Å². The molecular formula is C19H18N3O4. The number of carbonyl (C=O) groups excluding carboxylic acids is 1. The van der Waals surface area contributed by atoms with E-state index in [-0.39, 0.29) is 22.7 Å². The first-order valence-corrected chi connectivity index (χ1v) is 8.58. The molecule has 0 aromatic heterocycles. The lowest BCUT2D eigenvalue weighted by Gasteiger charge is -2.40. The molecule has 1 radical (unpaired) electrons. The first-order chi connectivity index (χ1) is 12.6. The van der Waals surface area contributed by atoms with Crippen LogP contribution in [-0.2, 0) is 11.3 Å². The summed E-state index contributed by atoms with van der Waals surface area (Å²) in [7, 11) is 0. The summed E-state index contributed by atoms with van der Waals surface area (Å²) in [6, 6.07) is 15.4. The highest BCUT2D eigenvalue weighted by molar-refractivity contribution is 5.91. The van der Waals surface area contributed by atoms with Gasteiger partial charge in [0.25, 0.3) is 5.69 Å². The minimum atomic E-state index is -0.379. The minimum absolute atomic E-state index is 0.0227. The van der Waals surface area contributed by atoms with Gasteiger partial charge in [-0.2, -0.15) is 0 Å². The van der Waals surface area contributed by atoms with E-state index in [4.69, 9.17) is 4.74 Å². The summed E-state index contributed by atoms with van der Waals surface area (Å²) < 4.78 is 5.31. The topological polar surface area (TPSA) is 75.9 Å². The number of carbonyl (C=O) groups is 1. The number of nitro benzene ring substituents is 1. The third kappa shape index (κ3) is 2.85. The van der Waals surface area contributed by atoms with Crippen LogP contribution >= 0.6 is 0 Å². The molecule has 26 heavy (non-hydrogen) atoms. The lowest BCUT2D eigenvalue weighted by atomic mass is 10.00. The number of amides is 1. The summed E-state index contributed by atoms with van der Waals surface area (Å²) in [6.07, 6.45) is 1.13. The van der Waals surface area contributed by atoms with Gasteiger partial charge in [0, 0.05) is 30.8 Å². The van der Waals surface area contributed by atoms with Gasteiger partial charge in [-0.3, -0.25) is 15.0 Å². The molecule has 2 aliphatic rings. The molecule has 2 aromatic rings. The van der Waals surface area contributed by atoms with E-state index in [0.717, 1.165) is 24.1 Å².